The third-order valence-electron chi connectivity index (χ3n) is 3.14. The largest absolute Gasteiger partial charge is 0.481 e. The van der Waals surface area contributed by atoms with E-state index < -0.39 is 11.9 Å². The molecule has 1 unspecified atom stereocenters. The van der Waals surface area contributed by atoms with Crippen LogP contribution in [0.2, 0.25) is 0 Å². The van der Waals surface area contributed by atoms with Crippen LogP contribution in [-0.2, 0) is 14.4 Å². The van der Waals surface area contributed by atoms with Gasteiger partial charge in [0.15, 0.2) is 0 Å². The number of carboxylic acids is 1. The average Bonchev–Trinajstić information content (AvgIpc) is 2.31. The zero-order chi connectivity index (χ0) is 13.7. The van der Waals surface area contributed by atoms with Gasteiger partial charge in [-0.1, -0.05) is 6.92 Å². The summed E-state index contributed by atoms with van der Waals surface area (Å²) in [5.74, 6) is -1.73. The smallest absolute Gasteiger partial charge is 0.308 e. The molecule has 0 aromatic rings. The molecule has 1 fully saturated rings. The monoisotopic (exact) mass is 256 g/mol. The number of amides is 2. The van der Waals surface area contributed by atoms with Crippen molar-refractivity contribution in [1.82, 2.24) is 9.80 Å². The number of nitrogens with zero attached hydrogens (tertiary/aromatic N) is 2. The zero-order valence-electron chi connectivity index (χ0n) is 10.9. The first-order chi connectivity index (χ1) is 8.41. The number of carbonyl (C=O) groups is 3. The molecule has 18 heavy (non-hydrogen) atoms. The Morgan fingerprint density at radius 1 is 1.44 bits per heavy atom. The highest BCUT2D eigenvalue weighted by atomic mass is 16.4. The topological polar surface area (TPSA) is 77.9 Å². The van der Waals surface area contributed by atoms with E-state index in [4.69, 9.17) is 5.11 Å². The van der Waals surface area contributed by atoms with Gasteiger partial charge >= 0.3 is 5.97 Å². The Kier molecular flexibility index (Phi) is 5.12. The predicted octanol–water partition coefficient (Wildman–Crippen LogP) is 0.178. The van der Waals surface area contributed by atoms with E-state index in [-0.39, 0.29) is 24.9 Å². The van der Waals surface area contributed by atoms with Crippen LogP contribution in [0.5, 0.6) is 0 Å². The Balaban J connectivity index is 2.44. The summed E-state index contributed by atoms with van der Waals surface area (Å²) in [6, 6.07) is 0. The van der Waals surface area contributed by atoms with Crippen LogP contribution >= 0.6 is 0 Å². The third-order valence-corrected chi connectivity index (χ3v) is 3.14. The minimum absolute atomic E-state index is 0.00860. The molecular weight excluding hydrogens is 236 g/mol. The second kappa shape index (κ2) is 6.37. The van der Waals surface area contributed by atoms with Gasteiger partial charge in [0.2, 0.25) is 11.8 Å². The maximum Gasteiger partial charge on any atom is 0.308 e. The van der Waals surface area contributed by atoms with E-state index in [1.807, 2.05) is 0 Å². The lowest BCUT2D eigenvalue weighted by Gasteiger charge is -2.28. The van der Waals surface area contributed by atoms with E-state index in [0.29, 0.717) is 13.0 Å². The van der Waals surface area contributed by atoms with Crippen molar-refractivity contribution in [3.8, 4) is 0 Å². The Labute approximate surface area is 107 Å². The van der Waals surface area contributed by atoms with Crippen LogP contribution in [0.3, 0.4) is 0 Å². The molecule has 0 spiro atoms. The van der Waals surface area contributed by atoms with Crippen molar-refractivity contribution in [3.63, 3.8) is 0 Å². The summed E-state index contributed by atoms with van der Waals surface area (Å²) < 4.78 is 0. The maximum atomic E-state index is 11.9. The average molecular weight is 256 g/mol. The molecule has 102 valence electrons. The molecule has 1 heterocycles. The minimum atomic E-state index is -0.927. The van der Waals surface area contributed by atoms with E-state index in [1.165, 1.54) is 4.90 Å². The molecule has 6 nitrogen and oxygen atoms in total. The number of carbonyl (C=O) groups excluding carboxylic acids is 2. The molecule has 6 heteroatoms. The van der Waals surface area contributed by atoms with Crippen molar-refractivity contribution in [2.75, 3.05) is 26.7 Å². The SMILES string of the molecule is CC(CN(C)C(=O)CN1CCCCC1=O)C(=O)O. The van der Waals surface area contributed by atoms with Gasteiger partial charge < -0.3 is 14.9 Å². The lowest BCUT2D eigenvalue weighted by Crippen LogP contribution is -2.44. The number of rotatable bonds is 5. The normalized spacial score (nSPS) is 17.4. The van der Waals surface area contributed by atoms with Crippen LogP contribution in [0.1, 0.15) is 26.2 Å². The maximum absolute atomic E-state index is 11.9. The number of likely N-dealkylation sites (N-methyl/N-ethyl adjacent to an activating group) is 1. The number of hydrogen-bond donors (Lipinski definition) is 1. The van der Waals surface area contributed by atoms with Crippen LogP contribution in [-0.4, -0.2) is 59.4 Å². The fourth-order valence-electron chi connectivity index (χ4n) is 1.90. The standard InChI is InChI=1S/C12H20N2O4/c1-9(12(17)18)7-13(2)11(16)8-14-6-4-3-5-10(14)15/h9H,3-8H2,1-2H3,(H,17,18). The van der Waals surface area contributed by atoms with Gasteiger partial charge in [-0.2, -0.15) is 0 Å². The van der Waals surface area contributed by atoms with Gasteiger partial charge in [-0.05, 0) is 12.8 Å². The molecule has 2 amide bonds. The Bertz CT molecular complexity index is 343. The van der Waals surface area contributed by atoms with Crippen LogP contribution in [0.25, 0.3) is 0 Å². The first-order valence-corrected chi connectivity index (χ1v) is 6.16. The van der Waals surface area contributed by atoms with Gasteiger partial charge in [0, 0.05) is 26.6 Å². The highest BCUT2D eigenvalue weighted by Crippen LogP contribution is 2.10. The van der Waals surface area contributed by atoms with Crippen molar-refractivity contribution < 1.29 is 19.5 Å². The Morgan fingerprint density at radius 2 is 2.11 bits per heavy atom. The highest BCUT2D eigenvalue weighted by Gasteiger charge is 2.23. The molecule has 1 saturated heterocycles. The summed E-state index contributed by atoms with van der Waals surface area (Å²) >= 11 is 0. The van der Waals surface area contributed by atoms with Crippen molar-refractivity contribution in [1.29, 1.82) is 0 Å². The number of carboxylic acid groups (broad SMARTS) is 1. The number of piperidine rings is 1. The van der Waals surface area contributed by atoms with Crippen LogP contribution in [0.15, 0.2) is 0 Å². The lowest BCUT2D eigenvalue weighted by atomic mass is 10.1. The summed E-state index contributed by atoms with van der Waals surface area (Å²) in [6.07, 6.45) is 2.31. The Morgan fingerprint density at radius 3 is 2.67 bits per heavy atom. The summed E-state index contributed by atoms with van der Waals surface area (Å²) in [6.45, 7) is 2.39. The van der Waals surface area contributed by atoms with Gasteiger partial charge in [-0.3, -0.25) is 14.4 Å². The molecule has 0 radical (unpaired) electrons. The van der Waals surface area contributed by atoms with E-state index >= 15 is 0 Å². The van der Waals surface area contributed by atoms with Crippen molar-refractivity contribution in [3.05, 3.63) is 0 Å². The molecule has 1 atom stereocenters. The molecular formula is C12H20N2O4. The predicted molar refractivity (Wildman–Crippen MR) is 64.9 cm³/mol. The molecule has 0 aromatic heterocycles. The summed E-state index contributed by atoms with van der Waals surface area (Å²) in [7, 11) is 1.57. The lowest BCUT2D eigenvalue weighted by molar-refractivity contribution is -0.145. The summed E-state index contributed by atoms with van der Waals surface area (Å²) in [5.41, 5.74) is 0. The zero-order valence-corrected chi connectivity index (χ0v) is 10.9. The third kappa shape index (κ3) is 4.01. The molecule has 0 aromatic carbocycles. The number of aliphatic carboxylic acids is 1. The second-order valence-corrected chi connectivity index (χ2v) is 4.79. The first kappa shape index (κ1) is 14.5. The molecule has 1 aliphatic rings. The van der Waals surface area contributed by atoms with Gasteiger partial charge in [0.1, 0.15) is 0 Å². The summed E-state index contributed by atoms with van der Waals surface area (Å²) in [4.78, 5) is 37.0. The number of hydrogen-bond acceptors (Lipinski definition) is 3. The summed E-state index contributed by atoms with van der Waals surface area (Å²) in [5, 5.41) is 8.77. The van der Waals surface area contributed by atoms with Gasteiger partial charge in [0.05, 0.1) is 12.5 Å². The van der Waals surface area contributed by atoms with Crippen LogP contribution in [0, 0.1) is 5.92 Å². The van der Waals surface area contributed by atoms with Crippen molar-refractivity contribution in [2.45, 2.75) is 26.2 Å². The van der Waals surface area contributed by atoms with Crippen LogP contribution < -0.4 is 0 Å². The molecule has 1 rings (SSSR count). The van der Waals surface area contributed by atoms with Gasteiger partial charge in [-0.15, -0.1) is 0 Å². The quantitative estimate of drug-likeness (QED) is 0.761. The van der Waals surface area contributed by atoms with Crippen molar-refractivity contribution >= 4 is 17.8 Å². The Hall–Kier alpha value is -1.59. The fraction of sp³-hybridized carbons (Fsp3) is 0.750. The first-order valence-electron chi connectivity index (χ1n) is 6.16. The molecule has 0 aliphatic carbocycles. The molecule has 1 aliphatic heterocycles. The number of likely N-dealkylation sites (tertiary alicyclic amines) is 1. The van der Waals surface area contributed by atoms with E-state index in [9.17, 15) is 14.4 Å². The highest BCUT2D eigenvalue weighted by molar-refractivity contribution is 5.85. The van der Waals surface area contributed by atoms with E-state index in [2.05, 4.69) is 0 Å². The van der Waals surface area contributed by atoms with E-state index in [1.54, 1.807) is 18.9 Å². The molecule has 1 N–H and O–H groups in total. The van der Waals surface area contributed by atoms with E-state index in [0.717, 1.165) is 12.8 Å². The van der Waals surface area contributed by atoms with Gasteiger partial charge in [0.25, 0.3) is 0 Å². The second-order valence-electron chi connectivity index (χ2n) is 4.79. The molecule has 0 saturated carbocycles. The van der Waals surface area contributed by atoms with Gasteiger partial charge in [-0.25, -0.2) is 0 Å². The molecule has 0 bridgehead atoms. The minimum Gasteiger partial charge on any atom is -0.481 e. The van der Waals surface area contributed by atoms with Crippen molar-refractivity contribution in [2.24, 2.45) is 5.92 Å². The fourth-order valence-corrected chi connectivity index (χ4v) is 1.90. The van der Waals surface area contributed by atoms with Crippen LogP contribution in [0.4, 0.5) is 0 Å².